The number of ether oxygens (including phenoxy) is 2. The molecule has 68 valence electrons. The van der Waals surface area contributed by atoms with Gasteiger partial charge in [-0.2, -0.15) is 0 Å². The normalized spacial score (nSPS) is 19.4. The zero-order chi connectivity index (χ0) is 9.19. The van der Waals surface area contributed by atoms with Crippen molar-refractivity contribution in [3.05, 3.63) is 0 Å². The second-order valence-corrected chi connectivity index (χ2v) is 2.58. The second-order valence-electron chi connectivity index (χ2n) is 2.58. The Hall–Kier alpha value is -1.10. The maximum absolute atomic E-state index is 11.1. The average molecular weight is 173 g/mol. The Morgan fingerprint density at radius 2 is 2.17 bits per heavy atom. The van der Waals surface area contributed by atoms with Crippen LogP contribution < -0.4 is 5.11 Å². The highest BCUT2D eigenvalue weighted by Crippen LogP contribution is 2.28. The van der Waals surface area contributed by atoms with Gasteiger partial charge in [0.25, 0.3) is 0 Å². The van der Waals surface area contributed by atoms with Crippen molar-refractivity contribution in [1.82, 2.24) is 0 Å². The van der Waals surface area contributed by atoms with E-state index in [2.05, 4.69) is 9.47 Å². The molecule has 5 heteroatoms. The first-order valence-corrected chi connectivity index (χ1v) is 3.60. The second kappa shape index (κ2) is 3.10. The monoisotopic (exact) mass is 173 g/mol. The molecular weight excluding hydrogens is 164 g/mol. The van der Waals surface area contributed by atoms with Crippen LogP contribution in [0, 0.1) is 5.41 Å². The van der Waals surface area contributed by atoms with E-state index in [9.17, 15) is 14.7 Å². The summed E-state index contributed by atoms with van der Waals surface area (Å²) < 4.78 is 9.22. The number of carbonyl (C=O) groups is 2. The summed E-state index contributed by atoms with van der Waals surface area (Å²) in [6.45, 7) is 1.48. The van der Waals surface area contributed by atoms with Crippen LogP contribution in [0.15, 0.2) is 0 Å². The zero-order valence-electron chi connectivity index (χ0n) is 6.66. The largest absolute Gasteiger partial charge is 0.549 e. The van der Waals surface area contributed by atoms with E-state index in [0.717, 1.165) is 0 Å². The number of aliphatic carboxylic acids is 1. The fraction of sp³-hybridized carbons (Fsp3) is 0.714. The zero-order valence-corrected chi connectivity index (χ0v) is 6.66. The van der Waals surface area contributed by atoms with E-state index in [1.54, 1.807) is 6.92 Å². The van der Waals surface area contributed by atoms with Gasteiger partial charge in [-0.3, -0.25) is 4.79 Å². The lowest BCUT2D eigenvalue weighted by Crippen LogP contribution is -2.60. The number of carboxylic acid groups (broad SMARTS) is 1. The van der Waals surface area contributed by atoms with Gasteiger partial charge in [-0.25, -0.2) is 0 Å². The third-order valence-electron chi connectivity index (χ3n) is 1.75. The molecule has 0 aromatic rings. The molecule has 0 saturated carbocycles. The minimum Gasteiger partial charge on any atom is -0.549 e. The van der Waals surface area contributed by atoms with Gasteiger partial charge in [0.15, 0.2) is 5.41 Å². The van der Waals surface area contributed by atoms with Gasteiger partial charge in [0, 0.05) is 0 Å². The summed E-state index contributed by atoms with van der Waals surface area (Å²) in [6, 6.07) is 0. The van der Waals surface area contributed by atoms with Crippen LogP contribution in [0.1, 0.15) is 6.92 Å². The van der Waals surface area contributed by atoms with Crippen LogP contribution in [-0.2, 0) is 19.1 Å². The van der Waals surface area contributed by atoms with Crippen LogP contribution in [0.4, 0.5) is 0 Å². The van der Waals surface area contributed by atoms with E-state index in [-0.39, 0.29) is 19.8 Å². The predicted molar refractivity (Wildman–Crippen MR) is 34.9 cm³/mol. The first-order valence-electron chi connectivity index (χ1n) is 3.60. The van der Waals surface area contributed by atoms with E-state index in [0.29, 0.717) is 0 Å². The summed E-state index contributed by atoms with van der Waals surface area (Å²) >= 11 is 0. The fourth-order valence-electron chi connectivity index (χ4n) is 0.894. The number of carbonyl (C=O) groups excluding carboxylic acids is 2. The molecule has 1 aliphatic rings. The van der Waals surface area contributed by atoms with Crippen molar-refractivity contribution in [2.45, 2.75) is 6.92 Å². The van der Waals surface area contributed by atoms with Crippen molar-refractivity contribution in [3.8, 4) is 0 Å². The van der Waals surface area contributed by atoms with E-state index in [1.807, 2.05) is 0 Å². The molecule has 0 N–H and O–H groups in total. The number of esters is 1. The highest BCUT2D eigenvalue weighted by atomic mass is 16.6. The van der Waals surface area contributed by atoms with E-state index >= 15 is 0 Å². The molecule has 0 unspecified atom stereocenters. The van der Waals surface area contributed by atoms with Gasteiger partial charge < -0.3 is 19.4 Å². The Balaban J connectivity index is 2.67. The Bertz CT molecular complexity index is 206. The SMILES string of the molecule is CCOC(=O)C1(C(=O)[O-])COC1. The number of rotatable bonds is 3. The lowest BCUT2D eigenvalue weighted by molar-refractivity contribution is -0.330. The Labute approximate surface area is 69.3 Å². The quantitative estimate of drug-likeness (QED) is 0.376. The summed E-state index contributed by atoms with van der Waals surface area (Å²) in [5.74, 6) is -2.19. The van der Waals surface area contributed by atoms with E-state index in [4.69, 9.17) is 0 Å². The molecule has 1 fully saturated rings. The summed E-state index contributed by atoms with van der Waals surface area (Å²) in [5.41, 5.74) is -1.55. The molecule has 0 atom stereocenters. The number of hydrogen-bond acceptors (Lipinski definition) is 5. The summed E-state index contributed by atoms with van der Waals surface area (Å²) in [7, 11) is 0. The van der Waals surface area contributed by atoms with Gasteiger partial charge in [0.05, 0.1) is 25.8 Å². The summed E-state index contributed by atoms with van der Waals surface area (Å²) in [5, 5.41) is 10.5. The van der Waals surface area contributed by atoms with Crippen molar-refractivity contribution in [2.24, 2.45) is 5.41 Å². The molecule has 0 amide bonds. The van der Waals surface area contributed by atoms with Gasteiger partial charge in [-0.15, -0.1) is 0 Å². The van der Waals surface area contributed by atoms with Gasteiger partial charge in [0.1, 0.15) is 0 Å². The topological polar surface area (TPSA) is 75.7 Å². The number of hydrogen-bond donors (Lipinski definition) is 0. The first kappa shape index (κ1) is 8.99. The predicted octanol–water partition coefficient (Wildman–Crippen LogP) is -1.68. The molecule has 5 nitrogen and oxygen atoms in total. The molecule has 12 heavy (non-hydrogen) atoms. The van der Waals surface area contributed by atoms with Crippen molar-refractivity contribution in [2.75, 3.05) is 19.8 Å². The van der Waals surface area contributed by atoms with Crippen molar-refractivity contribution in [3.63, 3.8) is 0 Å². The standard InChI is InChI=1S/C7H10O5/c1-2-12-6(10)7(5(8)9)3-11-4-7/h2-4H2,1H3,(H,8,9)/p-1. The average Bonchev–Trinajstić information content (AvgIpc) is 1.83. The van der Waals surface area contributed by atoms with Crippen LogP contribution in [0.5, 0.6) is 0 Å². The minimum atomic E-state index is -1.55. The molecule has 1 aliphatic heterocycles. The van der Waals surface area contributed by atoms with Gasteiger partial charge in [-0.05, 0) is 6.92 Å². The van der Waals surface area contributed by atoms with Crippen LogP contribution in [0.2, 0.25) is 0 Å². The highest BCUT2D eigenvalue weighted by molar-refractivity contribution is 5.99. The molecule has 0 radical (unpaired) electrons. The van der Waals surface area contributed by atoms with Crippen molar-refractivity contribution in [1.29, 1.82) is 0 Å². The summed E-state index contributed by atoms with van der Waals surface area (Å²) in [4.78, 5) is 21.6. The Kier molecular flexibility index (Phi) is 2.32. The third-order valence-corrected chi connectivity index (χ3v) is 1.75. The third kappa shape index (κ3) is 1.16. The molecule has 1 heterocycles. The van der Waals surface area contributed by atoms with Crippen LogP contribution >= 0.6 is 0 Å². The molecule has 0 bridgehead atoms. The molecular formula is C7H9O5-. The smallest absolute Gasteiger partial charge is 0.322 e. The van der Waals surface area contributed by atoms with Gasteiger partial charge >= 0.3 is 5.97 Å². The van der Waals surface area contributed by atoms with Crippen LogP contribution in [0.3, 0.4) is 0 Å². The van der Waals surface area contributed by atoms with Crippen LogP contribution in [-0.4, -0.2) is 31.8 Å². The maximum atomic E-state index is 11.1. The Morgan fingerprint density at radius 3 is 2.42 bits per heavy atom. The van der Waals surface area contributed by atoms with E-state index in [1.165, 1.54) is 0 Å². The van der Waals surface area contributed by atoms with Gasteiger partial charge in [0.2, 0.25) is 0 Å². The van der Waals surface area contributed by atoms with Crippen molar-refractivity contribution < 1.29 is 24.2 Å². The minimum absolute atomic E-state index is 0.145. The first-order chi connectivity index (χ1) is 5.63. The molecule has 1 saturated heterocycles. The molecule has 0 aromatic carbocycles. The van der Waals surface area contributed by atoms with Crippen LogP contribution in [0.25, 0.3) is 0 Å². The molecule has 0 spiro atoms. The molecule has 0 aliphatic carbocycles. The molecule has 0 aromatic heterocycles. The van der Waals surface area contributed by atoms with E-state index < -0.39 is 17.4 Å². The lowest BCUT2D eigenvalue weighted by Gasteiger charge is -2.39. The number of carboxylic acids is 1. The molecule has 1 rings (SSSR count). The maximum Gasteiger partial charge on any atom is 0.322 e. The van der Waals surface area contributed by atoms with Crippen molar-refractivity contribution >= 4 is 11.9 Å². The summed E-state index contributed by atoms with van der Waals surface area (Å²) in [6.07, 6.45) is 0. The fourth-order valence-corrected chi connectivity index (χ4v) is 0.894. The lowest BCUT2D eigenvalue weighted by atomic mass is 9.86. The Morgan fingerprint density at radius 1 is 1.58 bits per heavy atom. The highest BCUT2D eigenvalue weighted by Gasteiger charge is 2.49. The van der Waals surface area contributed by atoms with Gasteiger partial charge in [-0.1, -0.05) is 0 Å².